The molecule has 2 aromatic carbocycles. The van der Waals surface area contributed by atoms with Crippen LogP contribution in [0.4, 0.5) is 24.5 Å². The molecule has 1 saturated heterocycles. The van der Waals surface area contributed by atoms with Crippen LogP contribution in [-0.4, -0.2) is 78.4 Å². The van der Waals surface area contributed by atoms with Crippen molar-refractivity contribution in [1.29, 1.82) is 0 Å². The molecule has 2 heterocycles. The monoisotopic (exact) mass is 569 g/mol. The van der Waals surface area contributed by atoms with Gasteiger partial charge in [0.25, 0.3) is 5.97 Å². The molecule has 0 radical (unpaired) electrons. The Morgan fingerprint density at radius 1 is 0.917 bits per heavy atom. The van der Waals surface area contributed by atoms with Crippen LogP contribution in [0.1, 0.15) is 18.9 Å². The van der Waals surface area contributed by atoms with E-state index in [-0.39, 0.29) is 31.4 Å². The number of aliphatic hydroxyl groups is 1. The highest BCUT2D eigenvalue weighted by Crippen LogP contribution is 2.49. The number of aliphatic hydroxyl groups excluding tert-OH is 1. The van der Waals surface area contributed by atoms with E-state index in [9.17, 15) is 13.2 Å². The van der Waals surface area contributed by atoms with Gasteiger partial charge in [-0.05, 0) is 43.3 Å². The van der Waals surface area contributed by atoms with E-state index in [1.807, 2.05) is 29.2 Å². The number of fused-ring (bicyclic) bond motifs is 2. The molecule has 0 unspecified atom stereocenters. The van der Waals surface area contributed by atoms with Gasteiger partial charge in [-0.3, -0.25) is 9.69 Å². The Balaban J connectivity index is 0.00000101. The molecule has 2 aromatic rings. The molecule has 0 atom stereocenters. The molecular weight excluding hydrogens is 538 g/mol. The first-order chi connectivity index (χ1) is 16.2. The summed E-state index contributed by atoms with van der Waals surface area (Å²) in [5, 5.41) is 16.5. The van der Waals surface area contributed by atoms with Crippen LogP contribution in [0.3, 0.4) is 0 Å². The number of benzene rings is 2. The number of rotatable bonds is 6. The van der Waals surface area contributed by atoms with Crippen LogP contribution < -0.4 is 4.90 Å². The fraction of sp³-hybridized carbons (Fsp3) is 0.458. The predicted octanol–water partition coefficient (Wildman–Crippen LogP) is 5.24. The Bertz CT molecular complexity index is 973. The van der Waals surface area contributed by atoms with E-state index in [1.54, 1.807) is 6.07 Å². The number of carbonyl (C=O) groups is 1. The first kappa shape index (κ1) is 32.3. The summed E-state index contributed by atoms with van der Waals surface area (Å²) in [6.07, 6.45) is -3.48. The number of para-hydroxylation sites is 1. The number of β-amino-alcohol motifs (C(OH)–C–C–N with tert-alkyl or cyclic N) is 1. The minimum absolute atomic E-state index is 0. The first-order valence-corrected chi connectivity index (χ1v) is 12.0. The second-order valence-corrected chi connectivity index (χ2v) is 9.26. The van der Waals surface area contributed by atoms with Crippen LogP contribution in [-0.2, 0) is 11.0 Å². The van der Waals surface area contributed by atoms with E-state index >= 15 is 0 Å². The van der Waals surface area contributed by atoms with Crippen molar-refractivity contribution in [2.45, 2.75) is 29.3 Å². The minimum atomic E-state index is -4.35. The molecule has 4 rings (SSSR count). The average molecular weight is 571 g/mol. The van der Waals surface area contributed by atoms with Gasteiger partial charge in [0.15, 0.2) is 0 Å². The molecular formula is C24H32Cl2F3N3O3S. The van der Waals surface area contributed by atoms with Crippen molar-refractivity contribution >= 4 is 53.9 Å². The van der Waals surface area contributed by atoms with Gasteiger partial charge in [0.2, 0.25) is 0 Å². The summed E-state index contributed by atoms with van der Waals surface area (Å²) in [6.45, 7) is 7.38. The summed E-state index contributed by atoms with van der Waals surface area (Å²) >= 11 is 1.53. The lowest BCUT2D eigenvalue weighted by atomic mass is 10.1. The van der Waals surface area contributed by atoms with Gasteiger partial charge in [-0.2, -0.15) is 13.2 Å². The quantitative estimate of drug-likeness (QED) is 0.493. The largest absolute Gasteiger partial charge is 0.481 e. The summed E-state index contributed by atoms with van der Waals surface area (Å²) in [4.78, 5) is 17.6. The third-order valence-corrected chi connectivity index (χ3v) is 6.82. The van der Waals surface area contributed by atoms with Crippen molar-refractivity contribution in [3.63, 3.8) is 0 Å². The van der Waals surface area contributed by atoms with E-state index in [0.29, 0.717) is 18.8 Å². The number of hydrogen-bond donors (Lipinski definition) is 2. The van der Waals surface area contributed by atoms with Gasteiger partial charge in [-0.25, -0.2) is 0 Å². The number of anilines is 2. The van der Waals surface area contributed by atoms with Crippen molar-refractivity contribution in [3.8, 4) is 0 Å². The van der Waals surface area contributed by atoms with Gasteiger partial charge in [-0.15, -0.1) is 24.8 Å². The van der Waals surface area contributed by atoms with Crippen LogP contribution in [0.5, 0.6) is 0 Å². The smallest absolute Gasteiger partial charge is 0.416 e. The normalized spacial score (nSPS) is 15.4. The zero-order valence-electron chi connectivity index (χ0n) is 19.9. The van der Waals surface area contributed by atoms with Crippen LogP contribution >= 0.6 is 36.6 Å². The topological polar surface area (TPSA) is 67.2 Å². The fourth-order valence-electron chi connectivity index (χ4n) is 4.08. The van der Waals surface area contributed by atoms with Gasteiger partial charge >= 0.3 is 6.18 Å². The minimum Gasteiger partial charge on any atom is -0.481 e. The number of aliphatic carboxylic acids is 1. The standard InChI is InChI=1S/C22H26F3N3OS.C2H4O2.2ClH/c23-22(24,25)17-6-7-21-19(16-17)28(18-4-1-2-5-20(18)30-21)9-3-8-26-10-12-27(13-11-26)14-15-29;1-2(3)4;;/h1-2,4-7,16,29H,3,8-15H2;1H3,(H,3,4);2*1H. The van der Waals surface area contributed by atoms with Crippen LogP contribution in [0.2, 0.25) is 0 Å². The summed E-state index contributed by atoms with van der Waals surface area (Å²) in [5.41, 5.74) is 1.01. The van der Waals surface area contributed by atoms with Crippen molar-refractivity contribution in [2.75, 3.05) is 57.3 Å². The molecule has 0 spiro atoms. The molecule has 2 N–H and O–H groups in total. The zero-order chi connectivity index (χ0) is 24.7. The number of piperazine rings is 1. The van der Waals surface area contributed by atoms with Crippen molar-refractivity contribution < 1.29 is 28.2 Å². The molecule has 2 aliphatic heterocycles. The maximum absolute atomic E-state index is 13.3. The van der Waals surface area contributed by atoms with Gasteiger partial charge in [0.05, 0.1) is 23.5 Å². The van der Waals surface area contributed by atoms with E-state index in [0.717, 1.165) is 61.5 Å². The van der Waals surface area contributed by atoms with Gasteiger partial charge in [0.1, 0.15) is 0 Å². The number of hydrogen-bond acceptors (Lipinski definition) is 6. The maximum Gasteiger partial charge on any atom is 0.416 e. The first-order valence-electron chi connectivity index (χ1n) is 11.2. The Labute approximate surface area is 226 Å². The molecule has 1 fully saturated rings. The van der Waals surface area contributed by atoms with Crippen LogP contribution in [0.25, 0.3) is 0 Å². The molecule has 0 aromatic heterocycles. The van der Waals surface area contributed by atoms with Crippen molar-refractivity contribution in [3.05, 3.63) is 48.0 Å². The Morgan fingerprint density at radius 3 is 2.06 bits per heavy atom. The highest BCUT2D eigenvalue weighted by molar-refractivity contribution is 7.99. The maximum atomic E-state index is 13.3. The number of nitrogens with zero attached hydrogens (tertiary/aromatic N) is 3. The molecule has 0 aliphatic carbocycles. The van der Waals surface area contributed by atoms with Gasteiger partial charge in [0, 0.05) is 56.0 Å². The average Bonchev–Trinajstić information content (AvgIpc) is 2.78. The Kier molecular flexibility index (Phi) is 13.4. The Hall–Kier alpha value is -1.69. The predicted molar refractivity (Wildman–Crippen MR) is 141 cm³/mol. The summed E-state index contributed by atoms with van der Waals surface area (Å²) < 4.78 is 39.9. The van der Waals surface area contributed by atoms with Gasteiger partial charge in [-0.1, -0.05) is 23.9 Å². The molecule has 0 amide bonds. The van der Waals surface area contributed by atoms with Gasteiger partial charge < -0.3 is 20.0 Å². The van der Waals surface area contributed by atoms with E-state index in [2.05, 4.69) is 9.80 Å². The third kappa shape index (κ3) is 9.00. The summed E-state index contributed by atoms with van der Waals surface area (Å²) in [6, 6.07) is 11.9. The number of carboxylic acids is 1. The Morgan fingerprint density at radius 2 is 1.47 bits per heavy atom. The van der Waals surface area contributed by atoms with Crippen molar-refractivity contribution in [1.82, 2.24) is 9.80 Å². The lowest BCUT2D eigenvalue weighted by Crippen LogP contribution is -2.47. The summed E-state index contributed by atoms with van der Waals surface area (Å²) in [5.74, 6) is -0.833. The lowest BCUT2D eigenvalue weighted by molar-refractivity contribution is -0.137. The number of halogens is 5. The number of alkyl halides is 3. The fourth-order valence-corrected chi connectivity index (χ4v) is 5.15. The molecule has 202 valence electrons. The van der Waals surface area contributed by atoms with Crippen LogP contribution in [0, 0.1) is 0 Å². The molecule has 2 aliphatic rings. The van der Waals surface area contributed by atoms with E-state index in [4.69, 9.17) is 15.0 Å². The van der Waals surface area contributed by atoms with E-state index in [1.165, 1.54) is 23.9 Å². The van der Waals surface area contributed by atoms with Crippen LogP contribution in [0.15, 0.2) is 52.3 Å². The third-order valence-electron chi connectivity index (χ3n) is 5.69. The highest BCUT2D eigenvalue weighted by atomic mass is 35.5. The van der Waals surface area contributed by atoms with Crippen molar-refractivity contribution in [2.24, 2.45) is 0 Å². The molecule has 0 saturated carbocycles. The molecule has 6 nitrogen and oxygen atoms in total. The molecule has 36 heavy (non-hydrogen) atoms. The lowest BCUT2D eigenvalue weighted by Gasteiger charge is -2.36. The van der Waals surface area contributed by atoms with E-state index < -0.39 is 17.7 Å². The number of carboxylic acid groups (broad SMARTS) is 1. The second-order valence-electron chi connectivity index (χ2n) is 8.18. The zero-order valence-corrected chi connectivity index (χ0v) is 22.4. The SMILES string of the molecule is CC(=O)O.Cl.Cl.OCCN1CCN(CCCN2c3ccccc3Sc3ccc(C(F)(F)F)cc32)CC1. The molecule has 0 bridgehead atoms. The molecule has 12 heteroatoms. The summed E-state index contributed by atoms with van der Waals surface area (Å²) in [7, 11) is 0. The highest BCUT2D eigenvalue weighted by Gasteiger charge is 2.33. The second kappa shape index (κ2) is 14.9.